The molecule has 1 unspecified atom stereocenters. The summed E-state index contributed by atoms with van der Waals surface area (Å²) in [5.74, 6) is 1.09. The average Bonchev–Trinajstić information content (AvgIpc) is 3.24. The summed E-state index contributed by atoms with van der Waals surface area (Å²) < 4.78 is 11.7. The van der Waals surface area contributed by atoms with Crippen LogP contribution in [0.4, 0.5) is 0 Å². The van der Waals surface area contributed by atoms with Crippen molar-refractivity contribution in [2.75, 3.05) is 33.4 Å². The molecule has 3 heterocycles. The van der Waals surface area contributed by atoms with Crippen LogP contribution in [0.3, 0.4) is 0 Å². The Morgan fingerprint density at radius 3 is 2.65 bits per heavy atom. The number of carbonyl (C=O) groups is 2. The Balaban J connectivity index is 1.78. The van der Waals surface area contributed by atoms with Gasteiger partial charge in [-0.15, -0.1) is 0 Å². The normalized spacial score (nSPS) is 22.1. The van der Waals surface area contributed by atoms with Gasteiger partial charge in [0.25, 0.3) is 5.91 Å². The van der Waals surface area contributed by atoms with Crippen LogP contribution in [0, 0.1) is 0 Å². The first-order valence-corrected chi connectivity index (χ1v) is 12.0. The molecule has 1 fully saturated rings. The van der Waals surface area contributed by atoms with E-state index in [1.165, 1.54) is 0 Å². The van der Waals surface area contributed by atoms with E-state index in [1.807, 2.05) is 57.2 Å². The van der Waals surface area contributed by atoms with Crippen LogP contribution < -0.4 is 9.47 Å². The van der Waals surface area contributed by atoms with Crippen molar-refractivity contribution in [2.45, 2.75) is 38.6 Å². The first-order chi connectivity index (χ1) is 16.4. The van der Waals surface area contributed by atoms with E-state index >= 15 is 0 Å². The zero-order chi connectivity index (χ0) is 24.0. The van der Waals surface area contributed by atoms with E-state index in [2.05, 4.69) is 11.1 Å². The SMILES string of the molecule is CCCN1CC(=O)N2CC(c3cccc(OC)c3OCC)c3c([nH]c4ccccc34)[C@@]2(C)C1=O. The molecule has 0 bridgehead atoms. The number of aromatic amines is 1. The quantitative estimate of drug-likeness (QED) is 0.602. The molecule has 1 N–H and O–H groups in total. The highest BCUT2D eigenvalue weighted by atomic mass is 16.5. The predicted octanol–water partition coefficient (Wildman–Crippen LogP) is 4.02. The fraction of sp³-hybridized carbons (Fsp3) is 0.407. The van der Waals surface area contributed by atoms with Gasteiger partial charge < -0.3 is 24.3 Å². The molecule has 0 spiro atoms. The van der Waals surface area contributed by atoms with E-state index in [1.54, 1.807) is 16.9 Å². The number of amides is 2. The third kappa shape index (κ3) is 3.10. The number of piperazine rings is 1. The van der Waals surface area contributed by atoms with Crippen molar-refractivity contribution >= 4 is 22.7 Å². The number of hydrogen-bond donors (Lipinski definition) is 1. The number of nitrogens with one attached hydrogen (secondary N) is 1. The van der Waals surface area contributed by atoms with Crippen LogP contribution in [0.15, 0.2) is 42.5 Å². The molecule has 1 aromatic heterocycles. The van der Waals surface area contributed by atoms with E-state index in [-0.39, 0.29) is 24.3 Å². The summed E-state index contributed by atoms with van der Waals surface area (Å²) in [5, 5.41) is 1.06. The maximum absolute atomic E-state index is 13.8. The molecule has 178 valence electrons. The second-order valence-corrected chi connectivity index (χ2v) is 9.13. The fourth-order valence-corrected chi connectivity index (χ4v) is 5.67. The molecular weight excluding hydrogens is 430 g/mol. The number of fused-ring (bicyclic) bond motifs is 5. The number of rotatable bonds is 6. The monoisotopic (exact) mass is 461 g/mol. The summed E-state index contributed by atoms with van der Waals surface area (Å²) in [7, 11) is 1.63. The second-order valence-electron chi connectivity index (χ2n) is 9.13. The summed E-state index contributed by atoms with van der Waals surface area (Å²) in [6.07, 6.45) is 0.804. The largest absolute Gasteiger partial charge is 0.493 e. The van der Waals surface area contributed by atoms with Crippen LogP contribution in [-0.4, -0.2) is 59.9 Å². The lowest BCUT2D eigenvalue weighted by Crippen LogP contribution is -2.67. The molecule has 1 saturated heterocycles. The molecule has 5 rings (SSSR count). The lowest BCUT2D eigenvalue weighted by molar-refractivity contribution is -0.166. The lowest BCUT2D eigenvalue weighted by Gasteiger charge is -2.51. The number of nitrogens with zero attached hydrogens (tertiary/aromatic N) is 2. The van der Waals surface area contributed by atoms with Crippen LogP contribution in [0.1, 0.15) is 49.9 Å². The van der Waals surface area contributed by atoms with Gasteiger partial charge in [-0.1, -0.05) is 37.3 Å². The van der Waals surface area contributed by atoms with Gasteiger partial charge in [0.2, 0.25) is 5.91 Å². The van der Waals surface area contributed by atoms with E-state index in [0.717, 1.165) is 34.1 Å². The number of hydrogen-bond acceptors (Lipinski definition) is 4. The van der Waals surface area contributed by atoms with Gasteiger partial charge in [0.1, 0.15) is 0 Å². The smallest absolute Gasteiger partial charge is 0.254 e. The highest BCUT2D eigenvalue weighted by Gasteiger charge is 2.56. The third-order valence-corrected chi connectivity index (χ3v) is 7.20. The van der Waals surface area contributed by atoms with Crippen molar-refractivity contribution in [1.29, 1.82) is 0 Å². The van der Waals surface area contributed by atoms with Gasteiger partial charge >= 0.3 is 0 Å². The van der Waals surface area contributed by atoms with Crippen LogP contribution >= 0.6 is 0 Å². The van der Waals surface area contributed by atoms with Crippen LogP contribution in [-0.2, 0) is 15.1 Å². The minimum atomic E-state index is -1.08. The van der Waals surface area contributed by atoms with Crippen LogP contribution in [0.5, 0.6) is 11.5 Å². The summed E-state index contributed by atoms with van der Waals surface area (Å²) in [4.78, 5) is 34.3. The molecule has 3 aromatic rings. The highest BCUT2D eigenvalue weighted by Crippen LogP contribution is 2.50. The molecule has 0 radical (unpaired) electrons. The molecule has 34 heavy (non-hydrogen) atoms. The Hall–Kier alpha value is -3.48. The van der Waals surface area contributed by atoms with Gasteiger partial charge in [0, 0.05) is 35.5 Å². The molecular formula is C27H31N3O4. The summed E-state index contributed by atoms with van der Waals surface area (Å²) in [6, 6.07) is 14.0. The molecule has 0 saturated carbocycles. The zero-order valence-corrected chi connectivity index (χ0v) is 20.2. The minimum absolute atomic E-state index is 0.0316. The van der Waals surface area contributed by atoms with Gasteiger partial charge in [0.05, 0.1) is 26.0 Å². The van der Waals surface area contributed by atoms with Crippen molar-refractivity contribution in [1.82, 2.24) is 14.8 Å². The first kappa shape index (κ1) is 22.3. The Bertz CT molecular complexity index is 1270. The molecule has 2 atom stereocenters. The molecule has 0 aliphatic carbocycles. The number of benzene rings is 2. The van der Waals surface area contributed by atoms with Gasteiger partial charge in [-0.2, -0.15) is 0 Å². The Labute approximate surface area is 199 Å². The maximum Gasteiger partial charge on any atom is 0.254 e. The highest BCUT2D eigenvalue weighted by molar-refractivity contribution is 6.01. The molecule has 2 aliphatic heterocycles. The Kier molecular flexibility index (Phi) is 5.50. The molecule has 7 nitrogen and oxygen atoms in total. The minimum Gasteiger partial charge on any atom is -0.493 e. The Morgan fingerprint density at radius 1 is 1.12 bits per heavy atom. The van der Waals surface area contributed by atoms with E-state index < -0.39 is 5.54 Å². The summed E-state index contributed by atoms with van der Waals surface area (Å²) >= 11 is 0. The summed E-state index contributed by atoms with van der Waals surface area (Å²) in [6.45, 7) is 7.41. The number of carbonyl (C=O) groups excluding carboxylic acids is 2. The molecule has 2 aliphatic rings. The number of methoxy groups -OCH3 is 1. The Morgan fingerprint density at radius 2 is 1.91 bits per heavy atom. The van der Waals surface area contributed by atoms with E-state index in [4.69, 9.17) is 9.47 Å². The van der Waals surface area contributed by atoms with Gasteiger partial charge in [-0.05, 0) is 38.0 Å². The predicted molar refractivity (Wildman–Crippen MR) is 130 cm³/mol. The number of aromatic nitrogens is 1. The van der Waals surface area contributed by atoms with Crippen LogP contribution in [0.2, 0.25) is 0 Å². The zero-order valence-electron chi connectivity index (χ0n) is 20.2. The number of H-pyrrole nitrogens is 1. The lowest BCUT2D eigenvalue weighted by atomic mass is 9.76. The molecule has 2 amide bonds. The third-order valence-electron chi connectivity index (χ3n) is 7.20. The maximum atomic E-state index is 13.8. The molecule has 7 heteroatoms. The second kappa shape index (κ2) is 8.38. The average molecular weight is 462 g/mol. The topological polar surface area (TPSA) is 74.9 Å². The van der Waals surface area contributed by atoms with Crippen molar-refractivity contribution in [2.24, 2.45) is 0 Å². The van der Waals surface area contributed by atoms with Crippen LogP contribution in [0.25, 0.3) is 10.9 Å². The van der Waals surface area contributed by atoms with Gasteiger partial charge in [0.15, 0.2) is 17.0 Å². The standard InChI is InChI=1S/C27H31N3O4/c1-5-14-29-16-22(31)30-15-19(17-11-9-13-21(33-4)24(17)34-6-2)23-18-10-7-8-12-20(18)28-25(23)27(30,3)26(29)32/h7-13,19,28H,5-6,14-16H2,1-4H3/t19?,27-/m0/s1. The summed E-state index contributed by atoms with van der Waals surface area (Å²) in [5.41, 5.74) is 2.65. The van der Waals surface area contributed by atoms with Crippen molar-refractivity contribution in [3.63, 3.8) is 0 Å². The van der Waals surface area contributed by atoms with Gasteiger partial charge in [-0.25, -0.2) is 0 Å². The van der Waals surface area contributed by atoms with Gasteiger partial charge in [-0.3, -0.25) is 9.59 Å². The number of para-hydroxylation sites is 2. The molecule has 2 aromatic carbocycles. The fourth-order valence-electron chi connectivity index (χ4n) is 5.67. The van der Waals surface area contributed by atoms with E-state index in [9.17, 15) is 9.59 Å². The van der Waals surface area contributed by atoms with Crippen molar-refractivity contribution in [3.8, 4) is 11.5 Å². The van der Waals surface area contributed by atoms with E-state index in [0.29, 0.717) is 31.2 Å². The van der Waals surface area contributed by atoms with Crippen molar-refractivity contribution in [3.05, 3.63) is 59.3 Å². The first-order valence-electron chi connectivity index (χ1n) is 12.0. The van der Waals surface area contributed by atoms with Crippen molar-refractivity contribution < 1.29 is 19.1 Å². The number of ether oxygens (including phenoxy) is 2.